The molecular weight excluding hydrogens is 424 g/mol. The molecule has 2 N–H and O–H groups in total. The summed E-state index contributed by atoms with van der Waals surface area (Å²) < 4.78 is 11.8. The van der Waals surface area contributed by atoms with Crippen LogP contribution >= 0.6 is 0 Å². The first kappa shape index (κ1) is 23.6. The van der Waals surface area contributed by atoms with Crippen LogP contribution in [0.1, 0.15) is 33.3 Å². The number of aromatic nitrogens is 2. The molecule has 4 rings (SSSR count). The Morgan fingerprint density at radius 2 is 1.64 bits per heavy atom. The molecule has 0 bridgehead atoms. The van der Waals surface area contributed by atoms with Crippen LogP contribution in [0.5, 0.6) is 5.75 Å². The van der Waals surface area contributed by atoms with E-state index in [1.165, 1.54) is 17.7 Å². The van der Waals surface area contributed by atoms with Gasteiger partial charge in [-0.1, -0.05) is 30.3 Å². The van der Waals surface area contributed by atoms with E-state index in [1.54, 1.807) is 45.2 Å². The summed E-state index contributed by atoms with van der Waals surface area (Å²) >= 11 is 0. The van der Waals surface area contributed by atoms with Crippen LogP contribution in [0.4, 0.5) is 4.79 Å². The summed E-state index contributed by atoms with van der Waals surface area (Å²) in [6, 6.07) is 14.9. The number of hydrogen-bond acceptors (Lipinski definition) is 5. The van der Waals surface area contributed by atoms with Gasteiger partial charge in [-0.15, -0.1) is 0 Å². The van der Waals surface area contributed by atoms with E-state index >= 15 is 0 Å². The van der Waals surface area contributed by atoms with E-state index in [9.17, 15) is 14.4 Å². The highest BCUT2D eigenvalue weighted by Gasteiger charge is 2.21. The number of carboxylic acids is 1. The van der Waals surface area contributed by atoms with Gasteiger partial charge in [0.1, 0.15) is 5.60 Å². The van der Waals surface area contributed by atoms with Gasteiger partial charge in [-0.05, 0) is 44.5 Å². The van der Waals surface area contributed by atoms with Gasteiger partial charge >= 0.3 is 18.0 Å². The first-order valence-corrected chi connectivity index (χ1v) is 10.3. The highest BCUT2D eigenvalue weighted by atomic mass is 16.6. The number of carbonyl (C=O) groups excluding carboxylic acids is 2. The zero-order valence-corrected chi connectivity index (χ0v) is 18.9. The second-order valence-electron chi connectivity index (χ2n) is 8.38. The number of carboxylic acid groups (broad SMARTS) is 1. The van der Waals surface area contributed by atoms with E-state index in [-0.39, 0.29) is 6.42 Å². The van der Waals surface area contributed by atoms with E-state index in [4.69, 9.17) is 14.6 Å². The molecule has 2 heterocycles. The van der Waals surface area contributed by atoms with Crippen molar-refractivity contribution in [2.75, 3.05) is 0 Å². The molecule has 0 spiro atoms. The number of aromatic amines is 1. The quantitative estimate of drug-likeness (QED) is 0.418. The lowest BCUT2D eigenvalue weighted by atomic mass is 10.1. The topological polar surface area (TPSA) is 111 Å². The Bertz CT molecular complexity index is 1310. The molecule has 8 nitrogen and oxygen atoms in total. The number of rotatable bonds is 3. The number of H-pyrrole nitrogens is 1. The van der Waals surface area contributed by atoms with Crippen LogP contribution in [0, 0.1) is 0 Å². The maximum atomic E-state index is 12.2. The maximum absolute atomic E-state index is 12.2. The number of ether oxygens (including phenoxy) is 2. The lowest BCUT2D eigenvalue weighted by Gasteiger charge is -2.19. The highest BCUT2D eigenvalue weighted by molar-refractivity contribution is 5.95. The lowest BCUT2D eigenvalue weighted by Crippen LogP contribution is -2.26. The molecule has 0 unspecified atom stereocenters. The van der Waals surface area contributed by atoms with Crippen molar-refractivity contribution in [1.29, 1.82) is 0 Å². The predicted octanol–water partition coefficient (Wildman–Crippen LogP) is 5.14. The molecule has 0 saturated carbocycles. The maximum Gasteiger partial charge on any atom is 0.419 e. The van der Waals surface area contributed by atoms with Crippen molar-refractivity contribution >= 4 is 39.8 Å². The molecule has 0 radical (unpaired) electrons. The molecule has 8 heteroatoms. The summed E-state index contributed by atoms with van der Waals surface area (Å²) in [6.45, 7) is 6.70. The Kier molecular flexibility index (Phi) is 6.86. The van der Waals surface area contributed by atoms with Gasteiger partial charge in [0, 0.05) is 29.4 Å². The molecule has 0 atom stereocenters. The van der Waals surface area contributed by atoms with Crippen molar-refractivity contribution in [3.05, 3.63) is 66.5 Å². The summed E-state index contributed by atoms with van der Waals surface area (Å²) in [7, 11) is 0. The Balaban J connectivity index is 0.000000203. The van der Waals surface area contributed by atoms with Gasteiger partial charge in [-0.2, -0.15) is 0 Å². The van der Waals surface area contributed by atoms with Crippen molar-refractivity contribution in [2.45, 2.75) is 39.7 Å². The number of benzene rings is 2. The summed E-state index contributed by atoms with van der Waals surface area (Å²) in [5.41, 5.74) is 1.86. The van der Waals surface area contributed by atoms with Gasteiger partial charge < -0.3 is 19.6 Å². The third-order valence-electron chi connectivity index (χ3n) is 4.54. The van der Waals surface area contributed by atoms with Gasteiger partial charge in [0.15, 0.2) is 5.75 Å². The van der Waals surface area contributed by atoms with Gasteiger partial charge in [-0.3, -0.25) is 9.59 Å². The molecule has 172 valence electrons. The lowest BCUT2D eigenvalue weighted by molar-refractivity contribution is -0.136. The number of para-hydroxylation sites is 2. The van der Waals surface area contributed by atoms with Crippen molar-refractivity contribution in [3.63, 3.8) is 0 Å². The summed E-state index contributed by atoms with van der Waals surface area (Å²) in [6.07, 6.45) is 2.79. The molecule has 0 aliphatic heterocycles. The fraction of sp³-hybridized carbons (Fsp3) is 0.240. The second-order valence-corrected chi connectivity index (χ2v) is 8.38. The minimum absolute atomic E-state index is 0.0734. The van der Waals surface area contributed by atoms with Gasteiger partial charge in [0.25, 0.3) is 0 Å². The molecule has 33 heavy (non-hydrogen) atoms. The van der Waals surface area contributed by atoms with E-state index < -0.39 is 23.6 Å². The Labute approximate surface area is 190 Å². The molecule has 2 aromatic carbocycles. The normalized spacial score (nSPS) is 11.0. The number of aliphatic carboxylic acids is 1. The van der Waals surface area contributed by atoms with Crippen molar-refractivity contribution in [1.82, 2.24) is 9.55 Å². The Hall–Kier alpha value is -4.07. The smallest absolute Gasteiger partial charge is 0.419 e. The molecule has 0 fully saturated rings. The minimum atomic E-state index is -0.801. The first-order chi connectivity index (χ1) is 15.5. The molecular formula is C25H26N2O6. The van der Waals surface area contributed by atoms with Crippen molar-refractivity contribution in [2.24, 2.45) is 0 Å². The number of carbonyl (C=O) groups is 3. The molecule has 0 aliphatic rings. The van der Waals surface area contributed by atoms with E-state index in [2.05, 4.69) is 4.98 Å². The van der Waals surface area contributed by atoms with Gasteiger partial charge in [-0.25, -0.2) is 9.36 Å². The zero-order chi connectivity index (χ0) is 24.2. The standard InChI is InChI=1S/C15H17NO4.C10H9NO2/c1-10(17)19-13-9-16(14(18)20-15(2,3)4)12-8-6-5-7-11(12)13;12-10(13)5-7-6-11-9-4-2-1-3-8(7)9/h5-9H,1-4H3;1-4,6,11H,5H2,(H,12,13). The fourth-order valence-electron chi connectivity index (χ4n) is 3.29. The van der Waals surface area contributed by atoms with Crippen molar-refractivity contribution in [3.8, 4) is 5.75 Å². The number of hydrogen-bond donors (Lipinski definition) is 2. The number of nitrogens with zero attached hydrogens (tertiary/aromatic N) is 1. The van der Waals surface area contributed by atoms with E-state index in [1.807, 2.05) is 30.3 Å². The number of nitrogens with one attached hydrogen (secondary N) is 1. The second kappa shape index (κ2) is 9.60. The van der Waals surface area contributed by atoms with Crippen LogP contribution in [0.2, 0.25) is 0 Å². The van der Waals surface area contributed by atoms with E-state index in [0.717, 1.165) is 16.5 Å². The summed E-state index contributed by atoms with van der Waals surface area (Å²) in [5.74, 6) is -0.888. The highest BCUT2D eigenvalue weighted by Crippen LogP contribution is 2.29. The summed E-state index contributed by atoms with van der Waals surface area (Å²) in [4.78, 5) is 36.8. The number of fused-ring (bicyclic) bond motifs is 2. The monoisotopic (exact) mass is 450 g/mol. The van der Waals surface area contributed by atoms with Crippen LogP contribution < -0.4 is 4.74 Å². The third-order valence-corrected chi connectivity index (χ3v) is 4.54. The fourth-order valence-corrected chi connectivity index (χ4v) is 3.29. The minimum Gasteiger partial charge on any atom is -0.481 e. The van der Waals surface area contributed by atoms with Crippen LogP contribution in [-0.4, -0.2) is 38.3 Å². The molecule has 2 aromatic heterocycles. The average Bonchev–Trinajstić information content (AvgIpc) is 3.29. The van der Waals surface area contributed by atoms with E-state index in [0.29, 0.717) is 16.7 Å². The predicted molar refractivity (Wildman–Crippen MR) is 125 cm³/mol. The zero-order valence-electron chi connectivity index (χ0n) is 18.9. The molecule has 0 aliphatic carbocycles. The van der Waals surface area contributed by atoms with Crippen LogP contribution in [0.25, 0.3) is 21.8 Å². The van der Waals surface area contributed by atoms with Crippen LogP contribution in [0.3, 0.4) is 0 Å². The van der Waals surface area contributed by atoms with Gasteiger partial charge in [0.05, 0.1) is 18.1 Å². The Morgan fingerprint density at radius 3 is 2.27 bits per heavy atom. The van der Waals surface area contributed by atoms with Gasteiger partial charge in [0.2, 0.25) is 0 Å². The summed E-state index contributed by atoms with van der Waals surface area (Å²) in [5, 5.41) is 10.3. The van der Waals surface area contributed by atoms with Crippen molar-refractivity contribution < 1.29 is 29.0 Å². The Morgan fingerprint density at radius 1 is 1.00 bits per heavy atom. The van der Waals surface area contributed by atoms with Crippen LogP contribution in [0.15, 0.2) is 60.9 Å². The van der Waals surface area contributed by atoms with Crippen LogP contribution in [-0.2, 0) is 20.7 Å². The average molecular weight is 450 g/mol. The number of esters is 1. The first-order valence-electron chi connectivity index (χ1n) is 10.3. The molecule has 4 aromatic rings. The SMILES string of the molecule is CC(=O)Oc1cn(C(=O)OC(C)(C)C)c2ccccc12.O=C(O)Cc1c[nH]c2ccccc12. The molecule has 0 saturated heterocycles. The molecule has 0 amide bonds. The largest absolute Gasteiger partial charge is 0.481 e. The third kappa shape index (κ3) is 6.00.